The van der Waals surface area contributed by atoms with Gasteiger partial charge in [0.15, 0.2) is 5.69 Å². The molecule has 15 heavy (non-hydrogen) atoms. The maximum absolute atomic E-state index is 8.94. The summed E-state index contributed by atoms with van der Waals surface area (Å²) < 4.78 is 2.46. The Morgan fingerprint density at radius 3 is 2.60 bits per heavy atom. The number of aryl methyl sites for hydroxylation is 1. The summed E-state index contributed by atoms with van der Waals surface area (Å²) in [6.07, 6.45) is 0. The number of aromatic nitrogens is 3. The maximum Gasteiger partial charge on any atom is 0.166 e. The predicted octanol–water partition coefficient (Wildman–Crippen LogP) is 2.12. The van der Waals surface area contributed by atoms with Crippen molar-refractivity contribution >= 4 is 15.9 Å². The van der Waals surface area contributed by atoms with Crippen LogP contribution in [0.15, 0.2) is 28.7 Å². The van der Waals surface area contributed by atoms with Crippen LogP contribution in [-0.4, -0.2) is 15.0 Å². The maximum atomic E-state index is 8.94. The summed E-state index contributed by atoms with van der Waals surface area (Å²) in [5.74, 6) is 0. The van der Waals surface area contributed by atoms with E-state index in [1.807, 2.05) is 24.3 Å². The Kier molecular flexibility index (Phi) is 2.52. The zero-order valence-corrected chi connectivity index (χ0v) is 9.56. The van der Waals surface area contributed by atoms with Crippen molar-refractivity contribution in [2.24, 2.45) is 7.05 Å². The molecular formula is C10H7BrN4. The quantitative estimate of drug-likeness (QED) is 0.791. The van der Waals surface area contributed by atoms with Gasteiger partial charge in [0.2, 0.25) is 0 Å². The third-order valence-electron chi connectivity index (χ3n) is 2.05. The van der Waals surface area contributed by atoms with E-state index >= 15 is 0 Å². The van der Waals surface area contributed by atoms with Crippen LogP contribution in [0.3, 0.4) is 0 Å². The second kappa shape index (κ2) is 3.83. The predicted molar refractivity (Wildman–Crippen MR) is 58.9 cm³/mol. The van der Waals surface area contributed by atoms with E-state index in [4.69, 9.17) is 5.26 Å². The number of nitriles is 1. The van der Waals surface area contributed by atoms with E-state index in [1.165, 1.54) is 4.68 Å². The Labute approximate surface area is 95.3 Å². The lowest BCUT2D eigenvalue weighted by molar-refractivity contribution is 0.707. The summed E-state index contributed by atoms with van der Waals surface area (Å²) in [4.78, 5) is 0. The van der Waals surface area contributed by atoms with Gasteiger partial charge >= 0.3 is 0 Å². The molecule has 0 bridgehead atoms. The van der Waals surface area contributed by atoms with Crippen LogP contribution in [0.4, 0.5) is 0 Å². The van der Waals surface area contributed by atoms with Crippen molar-refractivity contribution in [3.8, 4) is 17.3 Å². The summed E-state index contributed by atoms with van der Waals surface area (Å²) in [7, 11) is 1.70. The van der Waals surface area contributed by atoms with Gasteiger partial charge in [0, 0.05) is 17.1 Å². The highest BCUT2D eigenvalue weighted by Gasteiger charge is 2.11. The van der Waals surface area contributed by atoms with Crippen molar-refractivity contribution < 1.29 is 0 Å². The third kappa shape index (κ3) is 1.76. The molecule has 0 N–H and O–H groups in total. The topological polar surface area (TPSA) is 54.5 Å². The largest absolute Gasteiger partial charge is 0.237 e. The van der Waals surface area contributed by atoms with Crippen molar-refractivity contribution in [3.05, 3.63) is 34.4 Å². The van der Waals surface area contributed by atoms with Crippen LogP contribution in [0.2, 0.25) is 0 Å². The molecule has 4 nitrogen and oxygen atoms in total. The molecule has 0 spiro atoms. The summed E-state index contributed by atoms with van der Waals surface area (Å²) in [6, 6.07) is 9.69. The first-order valence-corrected chi connectivity index (χ1v) is 5.07. The number of rotatable bonds is 1. The molecule has 1 aromatic heterocycles. The van der Waals surface area contributed by atoms with Crippen LogP contribution < -0.4 is 0 Å². The normalized spacial score (nSPS) is 9.93. The Bertz CT molecular complexity index is 521. The molecule has 5 heteroatoms. The molecule has 0 aliphatic carbocycles. The van der Waals surface area contributed by atoms with Crippen LogP contribution >= 0.6 is 15.9 Å². The fourth-order valence-corrected chi connectivity index (χ4v) is 1.55. The average Bonchev–Trinajstić information content (AvgIpc) is 2.61. The molecular weight excluding hydrogens is 256 g/mol. The van der Waals surface area contributed by atoms with E-state index in [9.17, 15) is 0 Å². The second-order valence-corrected chi connectivity index (χ2v) is 3.94. The Hall–Kier alpha value is -1.67. The van der Waals surface area contributed by atoms with Gasteiger partial charge < -0.3 is 0 Å². The molecule has 1 heterocycles. The molecule has 0 saturated heterocycles. The van der Waals surface area contributed by atoms with E-state index in [2.05, 4.69) is 32.3 Å². The summed E-state index contributed by atoms with van der Waals surface area (Å²) in [5, 5.41) is 16.7. The SMILES string of the molecule is Cn1nnc(-c2ccc(Br)cc2)c1C#N. The molecule has 0 atom stereocenters. The molecule has 0 amide bonds. The lowest BCUT2D eigenvalue weighted by Gasteiger charge is -1.96. The molecule has 0 radical (unpaired) electrons. The van der Waals surface area contributed by atoms with E-state index in [-0.39, 0.29) is 0 Å². The molecule has 2 rings (SSSR count). The van der Waals surface area contributed by atoms with Crippen LogP contribution in [0, 0.1) is 11.3 Å². The number of halogens is 1. The molecule has 0 aliphatic rings. The van der Waals surface area contributed by atoms with Gasteiger partial charge in [-0.05, 0) is 12.1 Å². The zero-order valence-electron chi connectivity index (χ0n) is 7.98. The minimum atomic E-state index is 0.470. The minimum absolute atomic E-state index is 0.470. The third-order valence-corrected chi connectivity index (χ3v) is 2.58. The van der Waals surface area contributed by atoms with Gasteiger partial charge in [-0.2, -0.15) is 5.26 Å². The number of hydrogen-bond donors (Lipinski definition) is 0. The van der Waals surface area contributed by atoms with Gasteiger partial charge in [0.1, 0.15) is 11.8 Å². The van der Waals surface area contributed by atoms with E-state index < -0.39 is 0 Å². The molecule has 0 aliphatic heterocycles. The Balaban J connectivity index is 2.55. The van der Waals surface area contributed by atoms with Crippen molar-refractivity contribution in [1.82, 2.24) is 15.0 Å². The lowest BCUT2D eigenvalue weighted by Crippen LogP contribution is -1.93. The van der Waals surface area contributed by atoms with Gasteiger partial charge in [-0.3, -0.25) is 0 Å². The number of hydrogen-bond acceptors (Lipinski definition) is 3. The average molecular weight is 263 g/mol. The van der Waals surface area contributed by atoms with Crippen LogP contribution in [0.5, 0.6) is 0 Å². The Morgan fingerprint density at radius 1 is 1.33 bits per heavy atom. The van der Waals surface area contributed by atoms with Crippen molar-refractivity contribution in [1.29, 1.82) is 5.26 Å². The minimum Gasteiger partial charge on any atom is -0.237 e. The van der Waals surface area contributed by atoms with Crippen LogP contribution in [0.1, 0.15) is 5.69 Å². The fourth-order valence-electron chi connectivity index (χ4n) is 1.28. The highest BCUT2D eigenvalue weighted by atomic mass is 79.9. The second-order valence-electron chi connectivity index (χ2n) is 3.03. The first kappa shape index (κ1) is 9.87. The molecule has 0 fully saturated rings. The van der Waals surface area contributed by atoms with Crippen LogP contribution in [0.25, 0.3) is 11.3 Å². The lowest BCUT2D eigenvalue weighted by atomic mass is 10.1. The van der Waals surface area contributed by atoms with Crippen molar-refractivity contribution in [2.45, 2.75) is 0 Å². The van der Waals surface area contributed by atoms with Gasteiger partial charge in [-0.15, -0.1) is 5.10 Å². The molecule has 2 aromatic rings. The standard InChI is InChI=1S/C10H7BrN4/c1-15-9(6-12)10(13-14-15)7-2-4-8(11)5-3-7/h2-5H,1H3. The smallest absolute Gasteiger partial charge is 0.166 e. The van der Waals surface area contributed by atoms with E-state index in [0.29, 0.717) is 11.4 Å². The highest BCUT2D eigenvalue weighted by molar-refractivity contribution is 9.10. The van der Waals surface area contributed by atoms with E-state index in [0.717, 1.165) is 10.0 Å². The summed E-state index contributed by atoms with van der Waals surface area (Å²) in [5.41, 5.74) is 1.98. The summed E-state index contributed by atoms with van der Waals surface area (Å²) in [6.45, 7) is 0. The van der Waals surface area contributed by atoms with Crippen molar-refractivity contribution in [2.75, 3.05) is 0 Å². The Morgan fingerprint density at radius 2 is 2.00 bits per heavy atom. The van der Waals surface area contributed by atoms with Gasteiger partial charge in [-0.25, -0.2) is 4.68 Å². The molecule has 74 valence electrons. The van der Waals surface area contributed by atoms with Gasteiger partial charge in [0.25, 0.3) is 0 Å². The monoisotopic (exact) mass is 262 g/mol. The summed E-state index contributed by atoms with van der Waals surface area (Å²) >= 11 is 3.35. The van der Waals surface area contributed by atoms with Gasteiger partial charge in [-0.1, -0.05) is 33.3 Å². The number of benzene rings is 1. The first-order chi connectivity index (χ1) is 7.22. The molecule has 0 saturated carbocycles. The van der Waals surface area contributed by atoms with E-state index in [1.54, 1.807) is 7.05 Å². The highest BCUT2D eigenvalue weighted by Crippen LogP contribution is 2.22. The van der Waals surface area contributed by atoms with Crippen LogP contribution in [-0.2, 0) is 7.05 Å². The zero-order chi connectivity index (χ0) is 10.8. The fraction of sp³-hybridized carbons (Fsp3) is 0.100. The van der Waals surface area contributed by atoms with Crippen molar-refractivity contribution in [3.63, 3.8) is 0 Å². The number of nitrogens with zero attached hydrogens (tertiary/aromatic N) is 4. The molecule has 0 unspecified atom stereocenters. The van der Waals surface area contributed by atoms with Gasteiger partial charge in [0.05, 0.1) is 0 Å². The molecule has 1 aromatic carbocycles. The first-order valence-electron chi connectivity index (χ1n) is 4.28.